The topological polar surface area (TPSA) is 111 Å². The Labute approximate surface area is 275 Å². The Morgan fingerprint density at radius 3 is 2.90 bits per heavy atom. The maximum absolute atomic E-state index is 15.6. The summed E-state index contributed by atoms with van der Waals surface area (Å²) in [4.78, 5) is 23.0. The van der Waals surface area contributed by atoms with Crippen LogP contribution in [0.15, 0.2) is 79.3 Å². The lowest BCUT2D eigenvalue weighted by Gasteiger charge is -2.30. The van der Waals surface area contributed by atoms with Crippen molar-refractivity contribution < 1.29 is 23.0 Å². The van der Waals surface area contributed by atoms with Gasteiger partial charge in [0.05, 0.1) is 24.4 Å². The number of rotatable bonds is 4. The first-order valence-corrected chi connectivity index (χ1v) is 16.0. The molecule has 0 aliphatic carbocycles. The summed E-state index contributed by atoms with van der Waals surface area (Å²) in [5, 5.41) is 9.53. The van der Waals surface area contributed by atoms with E-state index in [0.29, 0.717) is 29.9 Å². The van der Waals surface area contributed by atoms with Crippen LogP contribution in [0.4, 0.5) is 8.78 Å². The zero-order chi connectivity index (χ0) is 33.3. The number of aromatic nitrogens is 6. The third-order valence-electron chi connectivity index (χ3n) is 8.94. The summed E-state index contributed by atoms with van der Waals surface area (Å²) < 4.78 is 43.9. The van der Waals surface area contributed by atoms with E-state index in [1.807, 2.05) is 36.5 Å². The number of nitrogens with one attached hydrogen (secondary N) is 2. The molecule has 1 atom stereocenters. The maximum Gasteiger partial charge on any atom is 0.330 e. The number of ether oxygens (including phenoxy) is 2. The highest BCUT2D eigenvalue weighted by Crippen LogP contribution is 2.40. The zero-order valence-electron chi connectivity index (χ0n) is 26.6. The van der Waals surface area contributed by atoms with Gasteiger partial charge in [-0.15, -0.1) is 5.10 Å². The van der Waals surface area contributed by atoms with Crippen LogP contribution in [0.3, 0.4) is 0 Å². The maximum atomic E-state index is 15.6. The standard InChI is InChI=1S/C37H34F2N6O3/c1-3-47-34(46)13-10-23-7-6-8-24(17-23)37(2)15-5-4-9-25-21-45(44-43-25)22-29-27-14-16-40-32(27)19-31(39)35(29)48-26-11-12-30(38)28(18-26)36-41-20-33(37)42-36/h6-8,10-14,16-21,40H,3-5,9,15,22H2,1-2H3,(H,41,42)/b13-10+. The van der Waals surface area contributed by atoms with Crippen LogP contribution in [0.25, 0.3) is 28.4 Å². The molecular formula is C37H34F2N6O3. The van der Waals surface area contributed by atoms with Crippen LogP contribution in [-0.2, 0) is 27.9 Å². The van der Waals surface area contributed by atoms with Crippen LogP contribution in [-0.4, -0.2) is 42.5 Å². The number of hydrogen-bond donors (Lipinski definition) is 2. The Morgan fingerprint density at radius 2 is 2.02 bits per heavy atom. The number of carbonyl (C=O) groups is 1. The first-order valence-electron chi connectivity index (χ1n) is 16.0. The molecule has 0 saturated carbocycles. The highest BCUT2D eigenvalue weighted by molar-refractivity contribution is 5.87. The molecule has 0 fully saturated rings. The third-order valence-corrected chi connectivity index (χ3v) is 8.94. The van der Waals surface area contributed by atoms with Gasteiger partial charge in [0.1, 0.15) is 17.4 Å². The number of benzene rings is 3. The van der Waals surface area contributed by atoms with Crippen LogP contribution in [0.5, 0.6) is 11.5 Å². The monoisotopic (exact) mass is 648 g/mol. The predicted molar refractivity (Wildman–Crippen MR) is 178 cm³/mol. The Balaban J connectivity index is 1.31. The summed E-state index contributed by atoms with van der Waals surface area (Å²) in [6.07, 6.45) is 11.6. The van der Waals surface area contributed by atoms with Crippen LogP contribution >= 0.6 is 0 Å². The minimum absolute atomic E-state index is 0.0300. The van der Waals surface area contributed by atoms with Crippen LogP contribution in [0, 0.1) is 11.6 Å². The smallest absolute Gasteiger partial charge is 0.330 e. The van der Waals surface area contributed by atoms with E-state index in [0.717, 1.165) is 47.2 Å². The van der Waals surface area contributed by atoms with Crippen molar-refractivity contribution in [3.8, 4) is 22.9 Å². The average molecular weight is 649 g/mol. The molecule has 1 aliphatic rings. The molecule has 6 aromatic rings. The second kappa shape index (κ2) is 12.9. The van der Waals surface area contributed by atoms with Gasteiger partial charge in [0.25, 0.3) is 0 Å². The van der Waals surface area contributed by atoms with E-state index in [1.54, 1.807) is 30.1 Å². The summed E-state index contributed by atoms with van der Waals surface area (Å²) in [7, 11) is 0. The van der Waals surface area contributed by atoms with Crippen molar-refractivity contribution in [3.63, 3.8) is 0 Å². The van der Waals surface area contributed by atoms with Gasteiger partial charge in [-0.25, -0.2) is 23.2 Å². The van der Waals surface area contributed by atoms with Crippen molar-refractivity contribution in [2.75, 3.05) is 6.61 Å². The van der Waals surface area contributed by atoms with E-state index in [1.165, 1.54) is 30.3 Å². The summed E-state index contributed by atoms with van der Waals surface area (Å²) in [6, 6.07) is 15.5. The van der Waals surface area contributed by atoms with Gasteiger partial charge in [0, 0.05) is 58.3 Å². The Bertz CT molecular complexity index is 2150. The average Bonchev–Trinajstić information content (AvgIpc) is 3.86. The molecule has 0 radical (unpaired) electrons. The third kappa shape index (κ3) is 6.11. The van der Waals surface area contributed by atoms with Crippen LogP contribution in [0.2, 0.25) is 0 Å². The molecule has 7 rings (SSSR count). The molecule has 11 heteroatoms. The van der Waals surface area contributed by atoms with Gasteiger partial charge < -0.3 is 19.4 Å². The zero-order valence-corrected chi connectivity index (χ0v) is 26.6. The second-order valence-corrected chi connectivity index (χ2v) is 12.2. The molecule has 0 spiro atoms. The molecule has 6 bridgehead atoms. The van der Waals surface area contributed by atoms with Gasteiger partial charge in [-0.3, -0.25) is 0 Å². The summed E-state index contributed by atoms with van der Waals surface area (Å²) in [6.45, 7) is 4.42. The molecule has 1 aliphatic heterocycles. The normalized spacial score (nSPS) is 16.7. The fourth-order valence-corrected chi connectivity index (χ4v) is 6.35. The van der Waals surface area contributed by atoms with E-state index in [4.69, 9.17) is 9.47 Å². The van der Waals surface area contributed by atoms with Crippen LogP contribution < -0.4 is 4.74 Å². The minimum Gasteiger partial charge on any atom is -0.463 e. The van der Waals surface area contributed by atoms with Gasteiger partial charge in [-0.05, 0) is 74.6 Å². The molecule has 0 amide bonds. The summed E-state index contributed by atoms with van der Waals surface area (Å²) in [5.41, 5.74) is 4.35. The van der Waals surface area contributed by atoms with Crippen molar-refractivity contribution >= 4 is 22.9 Å². The number of nitrogens with zero attached hydrogens (tertiary/aromatic N) is 4. The number of halogens is 2. The SMILES string of the molecule is CCOC(=O)/C=C/c1cccc(C2(C)CCCCc3cn(nn3)Cc3c(c(F)cc4[nH]ccc34)Oc3ccc(F)c(c3)-c3ncc2[nH]3)c1. The molecule has 9 nitrogen and oxygen atoms in total. The van der Waals surface area contributed by atoms with Gasteiger partial charge >= 0.3 is 5.97 Å². The number of aromatic amines is 2. The fraction of sp³-hybridized carbons (Fsp3) is 0.243. The lowest BCUT2D eigenvalue weighted by atomic mass is 9.75. The second-order valence-electron chi connectivity index (χ2n) is 12.2. The van der Waals surface area contributed by atoms with Crippen molar-refractivity contribution in [2.24, 2.45) is 0 Å². The molecule has 48 heavy (non-hydrogen) atoms. The summed E-state index contributed by atoms with van der Waals surface area (Å²) in [5.74, 6) is -0.852. The molecule has 1 unspecified atom stereocenters. The fourth-order valence-electron chi connectivity index (χ4n) is 6.35. The molecule has 244 valence electrons. The van der Waals surface area contributed by atoms with Crippen molar-refractivity contribution in [2.45, 2.75) is 51.5 Å². The largest absolute Gasteiger partial charge is 0.463 e. The van der Waals surface area contributed by atoms with Gasteiger partial charge in [0.15, 0.2) is 11.6 Å². The van der Waals surface area contributed by atoms with E-state index in [-0.39, 0.29) is 23.6 Å². The van der Waals surface area contributed by atoms with E-state index in [2.05, 4.69) is 32.2 Å². The van der Waals surface area contributed by atoms with Crippen molar-refractivity contribution in [1.29, 1.82) is 0 Å². The Kier molecular flexibility index (Phi) is 8.34. The minimum atomic E-state index is -0.559. The quantitative estimate of drug-likeness (QED) is 0.149. The first kappa shape index (κ1) is 31.0. The predicted octanol–water partition coefficient (Wildman–Crippen LogP) is 7.88. The number of aryl methyl sites for hydroxylation is 1. The number of hydrogen-bond acceptors (Lipinski definition) is 6. The van der Waals surface area contributed by atoms with E-state index < -0.39 is 23.0 Å². The lowest BCUT2D eigenvalue weighted by molar-refractivity contribution is -0.137. The number of imidazole rings is 1. The van der Waals surface area contributed by atoms with Crippen molar-refractivity contribution in [1.82, 2.24) is 29.9 Å². The highest BCUT2D eigenvalue weighted by Gasteiger charge is 2.31. The lowest BCUT2D eigenvalue weighted by Crippen LogP contribution is -2.24. The van der Waals surface area contributed by atoms with E-state index in [9.17, 15) is 4.79 Å². The molecule has 0 saturated heterocycles. The van der Waals surface area contributed by atoms with Crippen molar-refractivity contribution in [3.05, 3.63) is 119 Å². The van der Waals surface area contributed by atoms with Gasteiger partial charge in [0.2, 0.25) is 0 Å². The molecule has 3 aromatic carbocycles. The Morgan fingerprint density at radius 1 is 1.12 bits per heavy atom. The number of H-pyrrole nitrogens is 2. The number of carbonyl (C=O) groups excluding carboxylic acids is 1. The van der Waals surface area contributed by atoms with Gasteiger partial charge in [-0.1, -0.05) is 35.9 Å². The molecule has 4 heterocycles. The molecule has 3 aromatic heterocycles. The molecule has 2 N–H and O–H groups in total. The van der Waals surface area contributed by atoms with Crippen LogP contribution in [0.1, 0.15) is 61.2 Å². The first-order chi connectivity index (χ1) is 23.3. The van der Waals surface area contributed by atoms with E-state index >= 15 is 8.78 Å². The summed E-state index contributed by atoms with van der Waals surface area (Å²) >= 11 is 0. The molecular weight excluding hydrogens is 614 g/mol. The highest BCUT2D eigenvalue weighted by atomic mass is 19.1. The number of fused-ring (bicyclic) bond motifs is 10. The number of esters is 1. The van der Waals surface area contributed by atoms with Gasteiger partial charge in [-0.2, -0.15) is 0 Å². The Hall–Kier alpha value is -5.58.